The van der Waals surface area contributed by atoms with E-state index in [2.05, 4.69) is 17.1 Å². The number of hydrogen-bond acceptors (Lipinski definition) is 3. The van der Waals surface area contributed by atoms with Gasteiger partial charge in [0, 0.05) is 19.0 Å². The number of hydrogen-bond donors (Lipinski definition) is 1. The minimum Gasteiger partial charge on any atom is -0.456 e. The molecular formula is C14H22N2O2. The molecule has 0 bridgehead atoms. The van der Waals surface area contributed by atoms with Crippen molar-refractivity contribution in [1.29, 1.82) is 0 Å². The number of nitrogens with one attached hydrogen (secondary N) is 1. The molecule has 1 N–H and O–H groups in total. The largest absolute Gasteiger partial charge is 0.456 e. The maximum atomic E-state index is 11.9. The van der Waals surface area contributed by atoms with Gasteiger partial charge in [0.1, 0.15) is 5.76 Å². The number of aryl methyl sites for hydroxylation is 1. The van der Waals surface area contributed by atoms with Gasteiger partial charge in [-0.05, 0) is 45.0 Å². The van der Waals surface area contributed by atoms with Crippen LogP contribution in [0.2, 0.25) is 0 Å². The van der Waals surface area contributed by atoms with Crippen LogP contribution in [-0.2, 0) is 6.42 Å². The third kappa shape index (κ3) is 3.13. The van der Waals surface area contributed by atoms with Crippen LogP contribution in [0, 0.1) is 0 Å². The predicted molar refractivity (Wildman–Crippen MR) is 70.7 cm³/mol. The molecule has 0 aromatic carbocycles. The molecule has 1 fully saturated rings. The second-order valence-corrected chi connectivity index (χ2v) is 4.92. The standard InChI is InChI=1S/C14H22N2O2/c1-3-12-6-7-13(18-12)14(17)15-10-11(2)16-8-4-5-9-16/h6-7,11H,3-5,8-10H2,1-2H3,(H,15,17)/t11-/m1/s1. The summed E-state index contributed by atoms with van der Waals surface area (Å²) in [5, 5.41) is 2.94. The number of carbonyl (C=O) groups is 1. The molecule has 1 aromatic heterocycles. The van der Waals surface area contributed by atoms with Crippen molar-refractivity contribution in [2.24, 2.45) is 0 Å². The van der Waals surface area contributed by atoms with Gasteiger partial charge in [0.2, 0.25) is 0 Å². The zero-order chi connectivity index (χ0) is 13.0. The summed E-state index contributed by atoms with van der Waals surface area (Å²) in [5.41, 5.74) is 0. The van der Waals surface area contributed by atoms with E-state index in [9.17, 15) is 4.79 Å². The van der Waals surface area contributed by atoms with Crippen LogP contribution in [0.5, 0.6) is 0 Å². The summed E-state index contributed by atoms with van der Waals surface area (Å²) in [7, 11) is 0. The first-order valence-electron chi connectivity index (χ1n) is 6.81. The average molecular weight is 250 g/mol. The Morgan fingerprint density at radius 2 is 2.17 bits per heavy atom. The molecule has 2 heterocycles. The fraction of sp³-hybridized carbons (Fsp3) is 0.643. The zero-order valence-electron chi connectivity index (χ0n) is 11.2. The van der Waals surface area contributed by atoms with Crippen LogP contribution in [-0.4, -0.2) is 36.5 Å². The van der Waals surface area contributed by atoms with Crippen molar-refractivity contribution in [2.45, 2.75) is 39.2 Å². The van der Waals surface area contributed by atoms with Gasteiger partial charge >= 0.3 is 0 Å². The molecule has 2 rings (SSSR count). The van der Waals surface area contributed by atoms with E-state index in [0.29, 0.717) is 18.3 Å². The molecule has 0 unspecified atom stereocenters. The fourth-order valence-electron chi connectivity index (χ4n) is 2.33. The lowest BCUT2D eigenvalue weighted by Crippen LogP contribution is -2.40. The van der Waals surface area contributed by atoms with Gasteiger partial charge in [-0.2, -0.15) is 0 Å². The lowest BCUT2D eigenvalue weighted by atomic mass is 10.3. The van der Waals surface area contributed by atoms with Crippen molar-refractivity contribution in [3.05, 3.63) is 23.7 Å². The van der Waals surface area contributed by atoms with Crippen LogP contribution in [0.3, 0.4) is 0 Å². The van der Waals surface area contributed by atoms with Crippen LogP contribution in [0.25, 0.3) is 0 Å². The van der Waals surface area contributed by atoms with E-state index in [1.54, 1.807) is 6.07 Å². The van der Waals surface area contributed by atoms with Crippen molar-refractivity contribution in [3.8, 4) is 0 Å². The lowest BCUT2D eigenvalue weighted by molar-refractivity contribution is 0.0911. The molecule has 0 aliphatic carbocycles. The van der Waals surface area contributed by atoms with E-state index < -0.39 is 0 Å². The number of likely N-dealkylation sites (tertiary alicyclic amines) is 1. The quantitative estimate of drug-likeness (QED) is 0.870. The van der Waals surface area contributed by atoms with Crippen LogP contribution in [0.1, 0.15) is 43.0 Å². The Kier molecular flexibility index (Phi) is 4.42. The van der Waals surface area contributed by atoms with Gasteiger partial charge in [-0.15, -0.1) is 0 Å². The molecule has 1 aromatic rings. The summed E-state index contributed by atoms with van der Waals surface area (Å²) in [4.78, 5) is 14.3. The summed E-state index contributed by atoms with van der Waals surface area (Å²) in [6.07, 6.45) is 3.37. The van der Waals surface area contributed by atoms with Gasteiger partial charge in [-0.3, -0.25) is 9.69 Å². The lowest BCUT2D eigenvalue weighted by Gasteiger charge is -2.23. The highest BCUT2D eigenvalue weighted by Gasteiger charge is 2.19. The van der Waals surface area contributed by atoms with Gasteiger partial charge in [0.05, 0.1) is 0 Å². The molecule has 4 heteroatoms. The Bertz CT molecular complexity index is 394. The molecule has 0 spiro atoms. The predicted octanol–water partition coefficient (Wildman–Crippen LogP) is 2.06. The Morgan fingerprint density at radius 1 is 1.44 bits per heavy atom. The summed E-state index contributed by atoms with van der Waals surface area (Å²) in [6.45, 7) is 7.15. The van der Waals surface area contributed by atoms with Crippen LogP contribution in [0.15, 0.2) is 16.5 Å². The van der Waals surface area contributed by atoms with E-state index in [-0.39, 0.29) is 5.91 Å². The normalized spacial score (nSPS) is 17.9. The number of amides is 1. The minimum atomic E-state index is -0.110. The van der Waals surface area contributed by atoms with Crippen LogP contribution in [0.4, 0.5) is 0 Å². The molecule has 1 amide bonds. The molecule has 1 aliphatic heterocycles. The number of carbonyl (C=O) groups excluding carboxylic acids is 1. The van der Waals surface area contributed by atoms with Gasteiger partial charge in [0.15, 0.2) is 5.76 Å². The maximum absolute atomic E-state index is 11.9. The summed E-state index contributed by atoms with van der Waals surface area (Å²) < 4.78 is 5.43. The highest BCUT2D eigenvalue weighted by molar-refractivity contribution is 5.91. The smallest absolute Gasteiger partial charge is 0.287 e. The van der Waals surface area contributed by atoms with Gasteiger partial charge in [0.25, 0.3) is 5.91 Å². The molecule has 18 heavy (non-hydrogen) atoms. The third-order valence-corrected chi connectivity index (χ3v) is 3.56. The first-order chi connectivity index (χ1) is 8.70. The molecule has 1 atom stereocenters. The molecule has 1 aliphatic rings. The molecule has 4 nitrogen and oxygen atoms in total. The van der Waals surface area contributed by atoms with E-state index in [1.807, 2.05) is 13.0 Å². The van der Waals surface area contributed by atoms with Crippen LogP contribution < -0.4 is 5.32 Å². The number of nitrogens with zero attached hydrogens (tertiary/aromatic N) is 1. The van der Waals surface area contributed by atoms with Crippen LogP contribution >= 0.6 is 0 Å². The molecule has 0 radical (unpaired) electrons. The van der Waals surface area contributed by atoms with Crippen molar-refractivity contribution < 1.29 is 9.21 Å². The van der Waals surface area contributed by atoms with E-state index in [4.69, 9.17) is 4.42 Å². The Hall–Kier alpha value is -1.29. The van der Waals surface area contributed by atoms with Crippen molar-refractivity contribution in [1.82, 2.24) is 10.2 Å². The Morgan fingerprint density at radius 3 is 2.78 bits per heavy atom. The number of rotatable bonds is 5. The van der Waals surface area contributed by atoms with Gasteiger partial charge in [-0.25, -0.2) is 0 Å². The SMILES string of the molecule is CCc1ccc(C(=O)NC[C@@H](C)N2CCCC2)o1. The maximum Gasteiger partial charge on any atom is 0.287 e. The fourth-order valence-corrected chi connectivity index (χ4v) is 2.33. The number of furan rings is 1. The van der Waals surface area contributed by atoms with Crippen molar-refractivity contribution in [3.63, 3.8) is 0 Å². The molecule has 0 saturated carbocycles. The highest BCUT2D eigenvalue weighted by atomic mass is 16.3. The first-order valence-corrected chi connectivity index (χ1v) is 6.81. The van der Waals surface area contributed by atoms with E-state index >= 15 is 0 Å². The van der Waals surface area contributed by atoms with E-state index in [0.717, 1.165) is 25.3 Å². The van der Waals surface area contributed by atoms with Crippen molar-refractivity contribution in [2.75, 3.05) is 19.6 Å². The highest BCUT2D eigenvalue weighted by Crippen LogP contribution is 2.11. The summed E-state index contributed by atoms with van der Waals surface area (Å²) >= 11 is 0. The minimum absolute atomic E-state index is 0.110. The van der Waals surface area contributed by atoms with Crippen molar-refractivity contribution >= 4 is 5.91 Å². The molecule has 1 saturated heterocycles. The topological polar surface area (TPSA) is 45.5 Å². The van der Waals surface area contributed by atoms with E-state index in [1.165, 1.54) is 12.8 Å². The second kappa shape index (κ2) is 6.05. The summed E-state index contributed by atoms with van der Waals surface area (Å²) in [5.74, 6) is 1.16. The zero-order valence-corrected chi connectivity index (χ0v) is 11.2. The van der Waals surface area contributed by atoms with Gasteiger partial charge < -0.3 is 9.73 Å². The average Bonchev–Trinajstić information content (AvgIpc) is 3.05. The van der Waals surface area contributed by atoms with Gasteiger partial charge in [-0.1, -0.05) is 6.92 Å². The third-order valence-electron chi connectivity index (χ3n) is 3.56. The first kappa shape index (κ1) is 13.1. The Labute approximate surface area is 108 Å². The summed E-state index contributed by atoms with van der Waals surface area (Å²) in [6, 6.07) is 4.00. The Balaban J connectivity index is 1.80. The second-order valence-electron chi connectivity index (χ2n) is 4.92. The molecule has 100 valence electrons. The molecular weight excluding hydrogens is 228 g/mol. The monoisotopic (exact) mass is 250 g/mol.